The van der Waals surface area contributed by atoms with E-state index < -0.39 is 12.1 Å². The van der Waals surface area contributed by atoms with Crippen LogP contribution in [-0.4, -0.2) is 47.1 Å². The number of nitrogens with one attached hydrogen (secondary N) is 1. The van der Waals surface area contributed by atoms with Gasteiger partial charge in [0.25, 0.3) is 5.91 Å². The molecule has 0 aliphatic heterocycles. The van der Waals surface area contributed by atoms with Crippen molar-refractivity contribution < 1.29 is 18.0 Å². The Kier molecular flexibility index (Phi) is 7.83. The van der Waals surface area contributed by atoms with Gasteiger partial charge in [-0.2, -0.15) is 13.2 Å². The van der Waals surface area contributed by atoms with Crippen LogP contribution in [0.25, 0.3) is 5.57 Å². The molecule has 0 saturated heterocycles. The largest absolute Gasteiger partial charge is 0.395 e. The lowest BCUT2D eigenvalue weighted by atomic mass is 10.0. The molecule has 8 heteroatoms. The number of aryl methyl sites for hydroxylation is 1. The molecule has 0 fully saturated rings. The first-order valence-corrected chi connectivity index (χ1v) is 9.45. The van der Waals surface area contributed by atoms with Crippen molar-refractivity contribution in [2.75, 3.05) is 13.1 Å². The molecule has 1 aromatic rings. The second-order valence-electron chi connectivity index (χ2n) is 6.90. The summed E-state index contributed by atoms with van der Waals surface area (Å²) in [6.07, 6.45) is -4.38. The Morgan fingerprint density at radius 1 is 1.23 bits per heavy atom. The maximum atomic E-state index is 12.9. The number of hydrogen-bond acceptors (Lipinski definition) is 4. The van der Waals surface area contributed by atoms with Crippen LogP contribution >= 0.6 is 11.3 Å². The quantitative estimate of drug-likeness (QED) is 0.709. The number of aromatic nitrogens is 1. The van der Waals surface area contributed by atoms with Crippen molar-refractivity contribution in [3.8, 4) is 0 Å². The standard InChI is InChI=1S/C18H28F3N3OS/c1-10(2)24(11(3)4)9-8-22-16(25)15-14(7)23-17(26-15)12(5)13(6)18(19,20)21/h10-11,13H,5,8-9H2,1-4,6-7H3,(H,22,25). The molecule has 1 rings (SSSR count). The van der Waals surface area contributed by atoms with E-state index in [0.717, 1.165) is 18.3 Å². The van der Waals surface area contributed by atoms with Crippen LogP contribution in [0.5, 0.6) is 0 Å². The van der Waals surface area contributed by atoms with Gasteiger partial charge in [-0.1, -0.05) is 6.58 Å². The van der Waals surface area contributed by atoms with Crippen molar-refractivity contribution in [2.45, 2.75) is 59.8 Å². The second-order valence-corrected chi connectivity index (χ2v) is 7.90. The van der Waals surface area contributed by atoms with Crippen molar-refractivity contribution in [2.24, 2.45) is 5.92 Å². The number of hydrogen-bond donors (Lipinski definition) is 1. The fourth-order valence-corrected chi connectivity index (χ4v) is 3.66. The Morgan fingerprint density at radius 2 is 1.77 bits per heavy atom. The predicted octanol–water partition coefficient (Wildman–Crippen LogP) is 4.51. The Morgan fingerprint density at radius 3 is 2.23 bits per heavy atom. The molecule has 0 aliphatic rings. The summed E-state index contributed by atoms with van der Waals surface area (Å²) in [4.78, 5) is 19.1. The van der Waals surface area contributed by atoms with Crippen molar-refractivity contribution in [1.82, 2.24) is 15.2 Å². The minimum Gasteiger partial charge on any atom is -0.350 e. The van der Waals surface area contributed by atoms with Crippen LogP contribution in [-0.2, 0) is 0 Å². The normalized spacial score (nSPS) is 13.5. The van der Waals surface area contributed by atoms with E-state index in [-0.39, 0.29) is 16.5 Å². The van der Waals surface area contributed by atoms with Gasteiger partial charge in [0.05, 0.1) is 11.6 Å². The summed E-state index contributed by atoms with van der Waals surface area (Å²) in [6.45, 7) is 15.7. The molecule has 1 unspecified atom stereocenters. The number of carbonyl (C=O) groups is 1. The van der Waals surface area contributed by atoms with Gasteiger partial charge >= 0.3 is 6.18 Å². The maximum Gasteiger partial charge on any atom is 0.395 e. The lowest BCUT2D eigenvalue weighted by Crippen LogP contribution is -2.42. The number of alkyl halides is 3. The minimum atomic E-state index is -4.38. The first-order valence-electron chi connectivity index (χ1n) is 8.63. The van der Waals surface area contributed by atoms with E-state index in [0.29, 0.717) is 35.7 Å². The SMILES string of the molecule is C=C(c1nc(C)c(C(=O)NCCN(C(C)C)C(C)C)s1)C(C)C(F)(F)F. The van der Waals surface area contributed by atoms with Crippen molar-refractivity contribution in [3.63, 3.8) is 0 Å². The monoisotopic (exact) mass is 391 g/mol. The highest BCUT2D eigenvalue weighted by Gasteiger charge is 2.39. The average molecular weight is 392 g/mol. The second kappa shape index (κ2) is 8.99. The Labute approximate surface area is 157 Å². The minimum absolute atomic E-state index is 0.115. The summed E-state index contributed by atoms with van der Waals surface area (Å²) in [5, 5.41) is 2.99. The van der Waals surface area contributed by atoms with Gasteiger partial charge < -0.3 is 5.32 Å². The topological polar surface area (TPSA) is 45.2 Å². The number of allylic oxidation sites excluding steroid dienone is 1. The van der Waals surface area contributed by atoms with E-state index in [1.807, 2.05) is 0 Å². The van der Waals surface area contributed by atoms with Gasteiger partial charge in [-0.05, 0) is 47.1 Å². The van der Waals surface area contributed by atoms with Crippen LogP contribution in [0.15, 0.2) is 6.58 Å². The third-order valence-corrected chi connectivity index (χ3v) is 5.51. The van der Waals surface area contributed by atoms with Gasteiger partial charge in [0.15, 0.2) is 0 Å². The van der Waals surface area contributed by atoms with E-state index in [4.69, 9.17) is 0 Å². The summed E-state index contributed by atoms with van der Waals surface area (Å²) >= 11 is 0.955. The van der Waals surface area contributed by atoms with Gasteiger partial charge in [-0.25, -0.2) is 4.98 Å². The van der Waals surface area contributed by atoms with Crippen LogP contribution in [0.2, 0.25) is 0 Å². The van der Waals surface area contributed by atoms with Crippen LogP contribution in [0.4, 0.5) is 13.2 Å². The molecule has 0 spiro atoms. The maximum absolute atomic E-state index is 12.9. The van der Waals surface area contributed by atoms with E-state index in [2.05, 4.69) is 49.5 Å². The zero-order chi connectivity index (χ0) is 20.2. The van der Waals surface area contributed by atoms with E-state index in [9.17, 15) is 18.0 Å². The Bertz CT molecular complexity index is 630. The molecular formula is C18H28F3N3OS. The first kappa shape index (κ1) is 22.6. The fraction of sp³-hybridized carbons (Fsp3) is 0.667. The molecule has 1 amide bonds. The lowest BCUT2D eigenvalue weighted by Gasteiger charge is -2.30. The molecule has 0 radical (unpaired) electrons. The van der Waals surface area contributed by atoms with Crippen LogP contribution < -0.4 is 5.32 Å². The van der Waals surface area contributed by atoms with Crippen LogP contribution in [0, 0.1) is 12.8 Å². The van der Waals surface area contributed by atoms with E-state index >= 15 is 0 Å². The summed E-state index contributed by atoms with van der Waals surface area (Å²) in [6, 6.07) is 0.714. The van der Waals surface area contributed by atoms with Crippen LogP contribution in [0.3, 0.4) is 0 Å². The molecule has 0 aliphatic carbocycles. The molecule has 0 aromatic carbocycles. The number of amides is 1. The highest BCUT2D eigenvalue weighted by molar-refractivity contribution is 7.14. The zero-order valence-corrected chi connectivity index (χ0v) is 17.0. The molecule has 1 N–H and O–H groups in total. The van der Waals surface area contributed by atoms with Gasteiger partial charge in [-0.15, -0.1) is 11.3 Å². The highest BCUT2D eigenvalue weighted by Crippen LogP contribution is 2.37. The van der Waals surface area contributed by atoms with Gasteiger partial charge in [0.1, 0.15) is 9.88 Å². The zero-order valence-electron chi connectivity index (χ0n) is 16.2. The third kappa shape index (κ3) is 5.81. The molecule has 26 heavy (non-hydrogen) atoms. The highest BCUT2D eigenvalue weighted by atomic mass is 32.1. The fourth-order valence-electron chi connectivity index (χ4n) is 2.62. The van der Waals surface area contributed by atoms with Crippen molar-refractivity contribution in [3.05, 3.63) is 22.2 Å². The number of rotatable bonds is 8. The first-order chi connectivity index (χ1) is 11.9. The van der Waals surface area contributed by atoms with Crippen LogP contribution in [0.1, 0.15) is 55.0 Å². The van der Waals surface area contributed by atoms with E-state index in [1.165, 1.54) is 0 Å². The van der Waals surface area contributed by atoms with Gasteiger partial charge in [-0.3, -0.25) is 9.69 Å². The molecule has 1 heterocycles. The van der Waals surface area contributed by atoms with E-state index in [1.54, 1.807) is 6.92 Å². The molecular weight excluding hydrogens is 363 g/mol. The number of carbonyl (C=O) groups excluding carboxylic acids is 1. The third-order valence-electron chi connectivity index (χ3n) is 4.27. The summed E-state index contributed by atoms with van der Waals surface area (Å²) in [7, 11) is 0. The number of halogens is 3. The summed E-state index contributed by atoms with van der Waals surface area (Å²) < 4.78 is 38.6. The number of nitrogens with zero attached hydrogens (tertiary/aromatic N) is 2. The molecule has 148 valence electrons. The van der Waals surface area contributed by atoms with Crippen molar-refractivity contribution in [1.29, 1.82) is 0 Å². The summed E-state index contributed by atoms with van der Waals surface area (Å²) in [5.74, 6) is -2.01. The predicted molar refractivity (Wildman–Crippen MR) is 100 cm³/mol. The lowest BCUT2D eigenvalue weighted by molar-refractivity contribution is -0.153. The molecule has 0 saturated carbocycles. The molecule has 0 bridgehead atoms. The summed E-state index contributed by atoms with van der Waals surface area (Å²) in [5.41, 5.74) is 0.304. The molecule has 1 aromatic heterocycles. The number of thiazole rings is 1. The average Bonchev–Trinajstić information content (AvgIpc) is 2.90. The Balaban J connectivity index is 2.77. The smallest absolute Gasteiger partial charge is 0.350 e. The molecule has 4 nitrogen and oxygen atoms in total. The van der Waals surface area contributed by atoms with Crippen molar-refractivity contribution >= 4 is 22.8 Å². The molecule has 1 atom stereocenters. The Hall–Kier alpha value is -1.41. The van der Waals surface area contributed by atoms with Gasteiger partial charge in [0, 0.05) is 25.2 Å². The van der Waals surface area contributed by atoms with Gasteiger partial charge in [0.2, 0.25) is 0 Å².